The fraction of sp³-hybridized carbons (Fsp3) is 0.423. The third-order valence-electron chi connectivity index (χ3n) is 6.01. The third-order valence-corrected chi connectivity index (χ3v) is 6.01. The number of fused-ring (bicyclic) bond motifs is 1. The van der Waals surface area contributed by atoms with Crippen LogP contribution in [0.5, 0.6) is 5.75 Å². The van der Waals surface area contributed by atoms with Gasteiger partial charge in [-0.15, -0.1) is 17.0 Å². The Morgan fingerprint density at radius 2 is 1.86 bits per heavy atom. The van der Waals surface area contributed by atoms with E-state index in [0.29, 0.717) is 35.8 Å². The number of hydrogen-bond acceptors (Lipinski definition) is 6. The summed E-state index contributed by atoms with van der Waals surface area (Å²) in [6.45, 7) is 10.1. The van der Waals surface area contributed by atoms with E-state index in [1.54, 1.807) is 24.1 Å². The van der Waals surface area contributed by atoms with Crippen molar-refractivity contribution in [3.63, 3.8) is 0 Å². The van der Waals surface area contributed by atoms with Crippen LogP contribution in [0.25, 0.3) is 0 Å². The van der Waals surface area contributed by atoms with Crippen molar-refractivity contribution in [2.45, 2.75) is 46.6 Å². The first-order valence-corrected chi connectivity index (χ1v) is 11.5. The van der Waals surface area contributed by atoms with Crippen molar-refractivity contribution in [3.8, 4) is 5.75 Å². The highest BCUT2D eigenvalue weighted by Crippen LogP contribution is 2.30. The van der Waals surface area contributed by atoms with Crippen molar-refractivity contribution in [1.29, 1.82) is 5.41 Å². The number of halogens is 1. The third kappa shape index (κ3) is 5.92. The number of carbonyl (C=O) groups excluding carboxylic acids is 3. The molecule has 0 radical (unpaired) electrons. The molecule has 0 saturated heterocycles. The van der Waals surface area contributed by atoms with Crippen molar-refractivity contribution >= 4 is 46.1 Å². The van der Waals surface area contributed by atoms with E-state index in [2.05, 4.69) is 10.3 Å². The standard InChI is InChI=1S/C26H33N5O4.BrH/c1-8-35-21-11-17-13-31(24(27)22(17)29-23(21)25(34)28-6)14-20(33)16-9-18(26(3,4)5)12-19(10-16)30(7)15(2)32;/h9-12,27H,8,13-14H2,1-7H3,(H,28,34);1H. The maximum absolute atomic E-state index is 13.4. The van der Waals surface area contributed by atoms with Gasteiger partial charge in [0, 0.05) is 44.4 Å². The van der Waals surface area contributed by atoms with Crippen LogP contribution in [-0.2, 0) is 16.8 Å². The molecule has 0 bridgehead atoms. The molecular formula is C26H34BrN5O4. The molecule has 0 aliphatic carbocycles. The molecule has 2 N–H and O–H groups in total. The largest absolute Gasteiger partial charge is 0.491 e. The van der Waals surface area contributed by atoms with E-state index in [-0.39, 0.29) is 52.2 Å². The first-order chi connectivity index (χ1) is 16.4. The van der Waals surface area contributed by atoms with Gasteiger partial charge in [0.15, 0.2) is 17.2 Å². The van der Waals surface area contributed by atoms with Gasteiger partial charge in [0.05, 0.1) is 13.2 Å². The number of ketones is 1. The zero-order chi connectivity index (χ0) is 26.1. The molecule has 1 aliphatic heterocycles. The van der Waals surface area contributed by atoms with Crippen LogP contribution >= 0.6 is 17.0 Å². The van der Waals surface area contributed by atoms with Crippen molar-refractivity contribution in [1.82, 2.24) is 15.2 Å². The molecule has 0 unspecified atom stereocenters. The number of carbonyl (C=O) groups is 3. The van der Waals surface area contributed by atoms with Crippen molar-refractivity contribution in [3.05, 3.63) is 52.3 Å². The van der Waals surface area contributed by atoms with E-state index in [0.717, 1.165) is 11.1 Å². The highest BCUT2D eigenvalue weighted by atomic mass is 79.9. The molecule has 1 aromatic heterocycles. The first-order valence-electron chi connectivity index (χ1n) is 11.5. The van der Waals surface area contributed by atoms with Crippen LogP contribution in [0.1, 0.15) is 72.3 Å². The Balaban J connectivity index is 0.00000456. The van der Waals surface area contributed by atoms with Gasteiger partial charge in [-0.05, 0) is 42.2 Å². The van der Waals surface area contributed by atoms with E-state index in [1.807, 2.05) is 39.8 Å². The van der Waals surface area contributed by atoms with E-state index in [9.17, 15) is 14.4 Å². The van der Waals surface area contributed by atoms with Gasteiger partial charge >= 0.3 is 0 Å². The summed E-state index contributed by atoms with van der Waals surface area (Å²) in [5, 5.41) is 11.1. The summed E-state index contributed by atoms with van der Waals surface area (Å²) in [6.07, 6.45) is 0. The summed E-state index contributed by atoms with van der Waals surface area (Å²) < 4.78 is 5.59. The maximum atomic E-state index is 13.4. The minimum absolute atomic E-state index is 0. The van der Waals surface area contributed by atoms with Gasteiger partial charge in [-0.3, -0.25) is 19.8 Å². The van der Waals surface area contributed by atoms with Gasteiger partial charge in [-0.1, -0.05) is 20.8 Å². The smallest absolute Gasteiger partial charge is 0.273 e. The maximum Gasteiger partial charge on any atom is 0.273 e. The van der Waals surface area contributed by atoms with Crippen LogP contribution in [0.3, 0.4) is 0 Å². The Morgan fingerprint density at radius 1 is 1.19 bits per heavy atom. The predicted molar refractivity (Wildman–Crippen MR) is 145 cm³/mol. The fourth-order valence-corrected chi connectivity index (χ4v) is 3.82. The molecule has 194 valence electrons. The normalized spacial score (nSPS) is 12.5. The number of nitrogens with zero attached hydrogens (tertiary/aromatic N) is 3. The molecule has 0 atom stereocenters. The number of anilines is 1. The number of ether oxygens (including phenoxy) is 1. The Morgan fingerprint density at radius 3 is 2.42 bits per heavy atom. The molecule has 9 nitrogen and oxygen atoms in total. The molecule has 36 heavy (non-hydrogen) atoms. The summed E-state index contributed by atoms with van der Waals surface area (Å²) in [5.74, 6) is -0.284. The number of nitrogens with one attached hydrogen (secondary N) is 2. The number of aromatic nitrogens is 1. The molecule has 0 spiro atoms. The second-order valence-electron chi connectivity index (χ2n) is 9.58. The Hall–Kier alpha value is -3.27. The van der Waals surface area contributed by atoms with Crippen LogP contribution in [-0.4, -0.2) is 60.6 Å². The van der Waals surface area contributed by atoms with Gasteiger partial charge < -0.3 is 19.9 Å². The van der Waals surface area contributed by atoms with Gasteiger partial charge in [0.1, 0.15) is 11.5 Å². The lowest BCUT2D eigenvalue weighted by atomic mass is 9.85. The molecule has 2 aromatic rings. The number of rotatable bonds is 7. The van der Waals surface area contributed by atoms with E-state index >= 15 is 0 Å². The van der Waals surface area contributed by atoms with Gasteiger partial charge in [0.25, 0.3) is 5.91 Å². The molecule has 3 rings (SSSR count). The van der Waals surface area contributed by atoms with Crippen molar-refractivity contribution in [2.24, 2.45) is 0 Å². The molecule has 1 aromatic carbocycles. The van der Waals surface area contributed by atoms with Gasteiger partial charge in [0.2, 0.25) is 5.91 Å². The van der Waals surface area contributed by atoms with Crippen molar-refractivity contribution < 1.29 is 19.1 Å². The summed E-state index contributed by atoms with van der Waals surface area (Å²) >= 11 is 0. The SMILES string of the molecule is Br.CCOc1cc2c(nc1C(=O)NC)C(=N)N(CC(=O)c1cc(N(C)C(C)=O)cc(C(C)(C)C)c1)C2. The van der Waals surface area contributed by atoms with Crippen LogP contribution in [0.4, 0.5) is 5.69 Å². The quantitative estimate of drug-likeness (QED) is 0.499. The summed E-state index contributed by atoms with van der Waals surface area (Å²) in [5.41, 5.74) is 3.02. The van der Waals surface area contributed by atoms with E-state index in [4.69, 9.17) is 10.1 Å². The summed E-state index contributed by atoms with van der Waals surface area (Å²) in [7, 11) is 3.18. The highest BCUT2D eigenvalue weighted by Gasteiger charge is 2.31. The minimum atomic E-state index is -0.403. The van der Waals surface area contributed by atoms with Crippen LogP contribution in [0.2, 0.25) is 0 Å². The van der Waals surface area contributed by atoms with Crippen LogP contribution in [0, 0.1) is 5.41 Å². The molecule has 1 aliphatic rings. The highest BCUT2D eigenvalue weighted by molar-refractivity contribution is 8.93. The molecule has 0 fully saturated rings. The van der Waals surface area contributed by atoms with E-state index in [1.165, 1.54) is 18.9 Å². The summed E-state index contributed by atoms with van der Waals surface area (Å²) in [6, 6.07) is 7.20. The minimum Gasteiger partial charge on any atom is -0.491 e. The van der Waals surface area contributed by atoms with Gasteiger partial charge in [-0.2, -0.15) is 0 Å². The number of pyridine rings is 1. The average molecular weight is 560 g/mol. The Bertz CT molecular complexity index is 1210. The van der Waals surface area contributed by atoms with Crippen LogP contribution in [0.15, 0.2) is 24.3 Å². The topological polar surface area (TPSA) is 116 Å². The Labute approximate surface area is 222 Å². The Kier molecular flexibility index (Phi) is 9.01. The second-order valence-corrected chi connectivity index (χ2v) is 9.58. The average Bonchev–Trinajstić information content (AvgIpc) is 3.10. The zero-order valence-corrected chi connectivity index (χ0v) is 23.5. The van der Waals surface area contributed by atoms with Gasteiger partial charge in [-0.25, -0.2) is 4.98 Å². The lowest BCUT2D eigenvalue weighted by Crippen LogP contribution is -2.31. The zero-order valence-electron chi connectivity index (χ0n) is 21.8. The fourth-order valence-electron chi connectivity index (χ4n) is 3.82. The monoisotopic (exact) mass is 559 g/mol. The second kappa shape index (κ2) is 11.2. The lowest BCUT2D eigenvalue weighted by Gasteiger charge is -2.24. The predicted octanol–water partition coefficient (Wildman–Crippen LogP) is 3.72. The summed E-state index contributed by atoms with van der Waals surface area (Å²) in [4.78, 5) is 45.2. The first kappa shape index (κ1) is 29.0. The number of Topliss-reactive ketones (excluding diaryl/α,β-unsaturated/α-hetero) is 1. The molecular weight excluding hydrogens is 526 g/mol. The molecule has 2 amide bonds. The number of amidine groups is 1. The van der Waals surface area contributed by atoms with Crippen LogP contribution < -0.4 is 15.0 Å². The lowest BCUT2D eigenvalue weighted by molar-refractivity contribution is -0.116. The molecule has 10 heteroatoms. The van der Waals surface area contributed by atoms with Crippen molar-refractivity contribution in [2.75, 3.05) is 32.1 Å². The number of amides is 2. The molecule has 2 heterocycles. The van der Waals surface area contributed by atoms with E-state index < -0.39 is 5.91 Å². The number of hydrogen-bond donors (Lipinski definition) is 2. The molecule has 0 saturated carbocycles. The number of benzene rings is 1.